The molecule has 132 valence electrons. The van der Waals surface area contributed by atoms with Gasteiger partial charge in [0, 0.05) is 0 Å². The zero-order valence-corrected chi connectivity index (χ0v) is 14.6. The largest absolute Gasteiger partial charge is 0.482 e. The summed E-state index contributed by atoms with van der Waals surface area (Å²) in [7, 11) is 0. The molecule has 1 atom stereocenters. The maximum Gasteiger partial charge on any atom is 0.312 e. The molecule has 0 fully saturated rings. The van der Waals surface area contributed by atoms with Crippen LogP contribution in [0.25, 0.3) is 0 Å². The molecule has 0 aliphatic rings. The number of hydrogen-bond donors (Lipinski definition) is 4. The van der Waals surface area contributed by atoms with Crippen molar-refractivity contribution in [2.45, 2.75) is 12.5 Å². The van der Waals surface area contributed by atoms with Crippen molar-refractivity contribution in [3.63, 3.8) is 0 Å². The number of carbonyl (C=O) groups is 3. The van der Waals surface area contributed by atoms with Crippen molar-refractivity contribution >= 4 is 41.2 Å². The summed E-state index contributed by atoms with van der Waals surface area (Å²) in [6.07, 6.45) is 2.25. The van der Waals surface area contributed by atoms with Gasteiger partial charge in [0.25, 0.3) is 11.8 Å². The van der Waals surface area contributed by atoms with Crippen LogP contribution in [-0.2, 0) is 9.59 Å². The summed E-state index contributed by atoms with van der Waals surface area (Å²) in [5, 5.41) is 2.69. The van der Waals surface area contributed by atoms with E-state index in [4.69, 9.17) is 22.1 Å². The molecule has 0 heterocycles. The maximum atomic E-state index is 12.0. The van der Waals surface area contributed by atoms with Crippen LogP contribution in [0.15, 0.2) is 24.3 Å². The van der Waals surface area contributed by atoms with E-state index in [2.05, 4.69) is 16.2 Å². The van der Waals surface area contributed by atoms with Crippen molar-refractivity contribution in [3.05, 3.63) is 29.3 Å². The lowest BCUT2D eigenvalue weighted by atomic mass is 10.2. The molecule has 1 aromatic rings. The highest BCUT2D eigenvalue weighted by Gasteiger charge is 2.19. The van der Waals surface area contributed by atoms with E-state index < -0.39 is 23.9 Å². The Morgan fingerprint density at radius 1 is 1.29 bits per heavy atom. The van der Waals surface area contributed by atoms with Gasteiger partial charge in [-0.05, 0) is 30.6 Å². The Morgan fingerprint density at radius 2 is 2.00 bits per heavy atom. The van der Waals surface area contributed by atoms with Gasteiger partial charge in [0.1, 0.15) is 11.8 Å². The summed E-state index contributed by atoms with van der Waals surface area (Å²) in [6, 6.07) is 5.04. The molecule has 0 saturated carbocycles. The molecule has 0 aliphatic heterocycles. The summed E-state index contributed by atoms with van der Waals surface area (Å²) in [6.45, 7) is -0.331. The van der Waals surface area contributed by atoms with Gasteiger partial charge in [0.15, 0.2) is 6.61 Å². The minimum Gasteiger partial charge on any atom is -0.482 e. The number of carbonyl (C=O) groups excluding carboxylic acids is 3. The predicted octanol–water partition coefficient (Wildman–Crippen LogP) is 0.656. The van der Waals surface area contributed by atoms with Crippen LogP contribution in [0.3, 0.4) is 0 Å². The normalized spacial score (nSPS) is 11.2. The van der Waals surface area contributed by atoms with E-state index in [0.29, 0.717) is 22.9 Å². The highest BCUT2D eigenvalue weighted by atomic mass is 35.5. The van der Waals surface area contributed by atoms with Gasteiger partial charge in [-0.25, -0.2) is 4.79 Å². The van der Waals surface area contributed by atoms with E-state index in [0.717, 1.165) is 0 Å². The Balaban J connectivity index is 2.42. The van der Waals surface area contributed by atoms with Crippen molar-refractivity contribution in [1.29, 1.82) is 0 Å². The highest BCUT2D eigenvalue weighted by Crippen LogP contribution is 2.22. The number of benzene rings is 1. The molecule has 0 unspecified atom stereocenters. The number of nitrogens with two attached hydrogens (primary N) is 1. The number of para-hydroxylation sites is 1. The van der Waals surface area contributed by atoms with Crippen LogP contribution in [0, 0.1) is 0 Å². The summed E-state index contributed by atoms with van der Waals surface area (Å²) < 4.78 is 5.23. The fraction of sp³-hybridized carbons (Fsp3) is 0.357. The Kier molecular flexibility index (Phi) is 8.80. The van der Waals surface area contributed by atoms with Crippen molar-refractivity contribution in [2.24, 2.45) is 5.73 Å². The molecule has 0 spiro atoms. The zero-order valence-electron chi connectivity index (χ0n) is 13.0. The van der Waals surface area contributed by atoms with Gasteiger partial charge in [0.05, 0.1) is 5.02 Å². The van der Waals surface area contributed by atoms with Crippen LogP contribution in [-0.4, -0.2) is 42.5 Å². The number of urea groups is 1. The Labute approximate surface area is 148 Å². The first kappa shape index (κ1) is 19.9. The molecule has 0 radical (unpaired) electrons. The zero-order chi connectivity index (χ0) is 17.9. The topological polar surface area (TPSA) is 123 Å². The van der Waals surface area contributed by atoms with E-state index in [1.165, 1.54) is 11.8 Å². The first-order valence-corrected chi connectivity index (χ1v) is 8.72. The summed E-state index contributed by atoms with van der Waals surface area (Å²) in [4.78, 5) is 34.5. The second kappa shape index (κ2) is 10.6. The van der Waals surface area contributed by atoms with Gasteiger partial charge in [-0.15, -0.1) is 0 Å². The molecule has 10 heteroatoms. The standard InChI is InChI=1S/C14H19ClN4O4S/c1-24-7-6-10(17-14(16)22)13(21)19-18-12(20)8-23-11-5-3-2-4-9(11)15/h2-5,10H,6-8H2,1H3,(H,18,20)(H,19,21)(H3,16,17,22)/t10-/m0/s1. The fourth-order valence-corrected chi connectivity index (χ4v) is 2.30. The van der Waals surface area contributed by atoms with Crippen molar-refractivity contribution in [3.8, 4) is 5.75 Å². The van der Waals surface area contributed by atoms with Gasteiger partial charge in [-0.3, -0.25) is 20.4 Å². The molecule has 5 N–H and O–H groups in total. The quantitative estimate of drug-likeness (QED) is 0.498. The second-order valence-corrected chi connectivity index (χ2v) is 5.99. The molecule has 0 bridgehead atoms. The number of ether oxygens (including phenoxy) is 1. The summed E-state index contributed by atoms with van der Waals surface area (Å²) >= 11 is 7.41. The molecule has 0 aromatic heterocycles. The monoisotopic (exact) mass is 374 g/mol. The van der Waals surface area contributed by atoms with Crippen LogP contribution in [0.1, 0.15) is 6.42 Å². The number of hydrazine groups is 1. The van der Waals surface area contributed by atoms with Crippen molar-refractivity contribution < 1.29 is 19.1 Å². The van der Waals surface area contributed by atoms with Gasteiger partial charge >= 0.3 is 6.03 Å². The highest BCUT2D eigenvalue weighted by molar-refractivity contribution is 7.98. The van der Waals surface area contributed by atoms with Gasteiger partial charge < -0.3 is 15.8 Å². The molecule has 0 aliphatic carbocycles. The smallest absolute Gasteiger partial charge is 0.312 e. The van der Waals surface area contributed by atoms with E-state index in [1.807, 2.05) is 6.26 Å². The van der Waals surface area contributed by atoms with Crippen LogP contribution >= 0.6 is 23.4 Å². The minimum atomic E-state index is -0.834. The molecule has 0 saturated heterocycles. The summed E-state index contributed by atoms with van der Waals surface area (Å²) in [5.74, 6) is -0.157. The Morgan fingerprint density at radius 3 is 2.62 bits per heavy atom. The molecular formula is C14H19ClN4O4S. The summed E-state index contributed by atoms with van der Waals surface area (Å²) in [5.41, 5.74) is 9.44. The lowest BCUT2D eigenvalue weighted by Gasteiger charge is -2.17. The molecule has 24 heavy (non-hydrogen) atoms. The Hall–Kier alpha value is -2.13. The SMILES string of the molecule is CSCC[C@H](NC(N)=O)C(=O)NNC(=O)COc1ccccc1Cl. The third-order valence-corrected chi connectivity index (χ3v) is 3.72. The number of halogens is 1. The average molecular weight is 375 g/mol. The molecule has 1 aromatic carbocycles. The predicted molar refractivity (Wildman–Crippen MR) is 92.7 cm³/mol. The van der Waals surface area contributed by atoms with E-state index >= 15 is 0 Å². The lowest BCUT2D eigenvalue weighted by molar-refractivity contribution is -0.130. The third kappa shape index (κ3) is 7.42. The first-order chi connectivity index (χ1) is 11.4. The average Bonchev–Trinajstić information content (AvgIpc) is 2.55. The van der Waals surface area contributed by atoms with Crippen molar-refractivity contribution in [1.82, 2.24) is 16.2 Å². The number of thioether (sulfide) groups is 1. The molecule has 1 rings (SSSR count). The van der Waals surface area contributed by atoms with Crippen molar-refractivity contribution in [2.75, 3.05) is 18.6 Å². The fourth-order valence-electron chi connectivity index (χ4n) is 1.64. The number of primary amides is 1. The second-order valence-electron chi connectivity index (χ2n) is 4.60. The maximum absolute atomic E-state index is 12.0. The van der Waals surface area contributed by atoms with E-state index in [-0.39, 0.29) is 6.61 Å². The number of rotatable bonds is 8. The van der Waals surface area contributed by atoms with Crippen LogP contribution in [0.2, 0.25) is 5.02 Å². The number of amides is 4. The van der Waals surface area contributed by atoms with Gasteiger partial charge in [-0.1, -0.05) is 23.7 Å². The minimum absolute atomic E-state index is 0.331. The van der Waals surface area contributed by atoms with Gasteiger partial charge in [-0.2, -0.15) is 11.8 Å². The lowest BCUT2D eigenvalue weighted by Crippen LogP contribution is -2.54. The van der Waals surface area contributed by atoms with E-state index in [9.17, 15) is 14.4 Å². The van der Waals surface area contributed by atoms with Crippen LogP contribution in [0.5, 0.6) is 5.75 Å². The molecule has 4 amide bonds. The number of nitrogens with one attached hydrogen (secondary N) is 3. The first-order valence-electron chi connectivity index (χ1n) is 6.95. The Bertz CT molecular complexity index is 588. The number of hydrogen-bond acceptors (Lipinski definition) is 5. The van der Waals surface area contributed by atoms with Gasteiger partial charge in [0.2, 0.25) is 0 Å². The molecular weight excluding hydrogens is 356 g/mol. The van der Waals surface area contributed by atoms with Crippen LogP contribution in [0.4, 0.5) is 4.79 Å². The van der Waals surface area contributed by atoms with E-state index in [1.54, 1.807) is 24.3 Å². The third-order valence-electron chi connectivity index (χ3n) is 2.76. The van der Waals surface area contributed by atoms with Crippen LogP contribution < -0.4 is 26.6 Å². The molecule has 8 nitrogen and oxygen atoms in total.